The fraction of sp³-hybridized carbons (Fsp3) is 0.929. The molecule has 2 aliphatic rings. The number of carbonyl (C=O) groups is 1. The molecule has 212 valence electrons. The molecule has 0 bridgehead atoms. The highest BCUT2D eigenvalue weighted by molar-refractivity contribution is 7.81. The summed E-state index contributed by atoms with van der Waals surface area (Å²) >= 11 is 0. The van der Waals surface area contributed by atoms with Gasteiger partial charge in [-0.3, -0.25) is 13.7 Å². The summed E-state index contributed by atoms with van der Waals surface area (Å²) in [6.07, 6.45) is -14.4. The molecule has 2 fully saturated rings. The van der Waals surface area contributed by atoms with Crippen molar-refractivity contribution in [3.05, 3.63) is 0 Å². The molecule has 2 rings (SSSR count). The minimum atomic E-state index is -5.39. The lowest BCUT2D eigenvalue weighted by atomic mass is 9.98. The van der Waals surface area contributed by atoms with Crippen LogP contribution in [-0.4, -0.2) is 126 Å². The highest BCUT2D eigenvalue weighted by Gasteiger charge is 2.52. The van der Waals surface area contributed by atoms with Crippen LogP contribution in [0.2, 0.25) is 0 Å². The van der Waals surface area contributed by atoms with Crippen LogP contribution in [0.3, 0.4) is 0 Å². The first-order chi connectivity index (χ1) is 16.4. The summed E-state index contributed by atoms with van der Waals surface area (Å²) in [5, 5.41) is 9.53. The molecule has 8 atom stereocenters. The van der Waals surface area contributed by atoms with Crippen molar-refractivity contribution in [3.63, 3.8) is 0 Å². The maximum absolute atomic E-state index is 11.7. The van der Waals surface area contributed by atoms with E-state index in [4.69, 9.17) is 32.8 Å². The maximum atomic E-state index is 11.7. The van der Waals surface area contributed by atoms with Crippen molar-refractivity contribution in [3.8, 4) is 0 Å². The summed E-state index contributed by atoms with van der Waals surface area (Å²) in [4.78, 5) is 11.7. The zero-order valence-corrected chi connectivity index (χ0v) is 20.8. The monoisotopic (exact) mass is 592 g/mol. The van der Waals surface area contributed by atoms with Gasteiger partial charge in [-0.25, -0.2) is 17.3 Å². The van der Waals surface area contributed by atoms with Gasteiger partial charge in [0, 0.05) is 20.6 Å². The van der Waals surface area contributed by atoms with Crippen molar-refractivity contribution >= 4 is 37.2 Å². The van der Waals surface area contributed by atoms with Gasteiger partial charge in [0.2, 0.25) is 0 Å². The van der Waals surface area contributed by atoms with Crippen LogP contribution in [0.4, 0.5) is 0 Å². The SMILES string of the molecule is COC1COC(C(=O)O)C(OC2OC(COS(=O)(=O)O)CC(OS(=O)(=O)O)C2OS(=O)(=O)O)C1OC. The molecule has 0 aromatic heterocycles. The Labute approximate surface area is 205 Å². The Balaban J connectivity index is 2.49. The van der Waals surface area contributed by atoms with E-state index >= 15 is 0 Å². The molecule has 0 aromatic rings. The summed E-state index contributed by atoms with van der Waals surface area (Å²) < 4.78 is 134. The van der Waals surface area contributed by atoms with Crippen LogP contribution in [-0.2, 0) is 72.2 Å². The molecule has 4 N–H and O–H groups in total. The fourth-order valence-corrected chi connectivity index (χ4v) is 4.86. The lowest BCUT2D eigenvalue weighted by Crippen LogP contribution is -2.62. The van der Waals surface area contributed by atoms with E-state index in [0.717, 1.165) is 7.11 Å². The Morgan fingerprint density at radius 3 is 1.94 bits per heavy atom. The van der Waals surface area contributed by atoms with Gasteiger partial charge in [0.25, 0.3) is 0 Å². The molecular weight excluding hydrogens is 568 g/mol. The number of rotatable bonds is 12. The van der Waals surface area contributed by atoms with Crippen molar-refractivity contribution in [2.75, 3.05) is 27.4 Å². The van der Waals surface area contributed by atoms with E-state index in [1.54, 1.807) is 0 Å². The number of carboxylic acids is 1. The van der Waals surface area contributed by atoms with Crippen LogP contribution in [0, 0.1) is 0 Å². The molecule has 0 radical (unpaired) electrons. The fourth-order valence-electron chi connectivity index (χ4n) is 3.54. The van der Waals surface area contributed by atoms with Crippen molar-refractivity contribution in [2.45, 2.75) is 55.4 Å². The molecule has 0 saturated carbocycles. The molecule has 22 heteroatoms. The van der Waals surface area contributed by atoms with Gasteiger partial charge in [-0.1, -0.05) is 0 Å². The van der Waals surface area contributed by atoms with E-state index in [-0.39, 0.29) is 6.61 Å². The Morgan fingerprint density at radius 1 is 0.861 bits per heavy atom. The Kier molecular flexibility index (Phi) is 10.5. The largest absolute Gasteiger partial charge is 0.479 e. The van der Waals surface area contributed by atoms with Gasteiger partial charge >= 0.3 is 37.2 Å². The van der Waals surface area contributed by atoms with Gasteiger partial charge in [-0.2, -0.15) is 25.3 Å². The van der Waals surface area contributed by atoms with Gasteiger partial charge in [0.15, 0.2) is 18.5 Å². The smallest absolute Gasteiger partial charge is 0.397 e. The molecular formula is C14H24O19S3. The molecule has 2 heterocycles. The van der Waals surface area contributed by atoms with Crippen molar-refractivity contribution in [2.24, 2.45) is 0 Å². The number of hydrogen-bond donors (Lipinski definition) is 4. The topological polar surface area (TPSA) is 274 Å². The zero-order valence-electron chi connectivity index (χ0n) is 18.4. The number of hydrogen-bond acceptors (Lipinski definition) is 15. The summed E-state index contributed by atoms with van der Waals surface area (Å²) in [7, 11) is -13.4. The predicted octanol–water partition coefficient (Wildman–Crippen LogP) is -2.80. The van der Waals surface area contributed by atoms with Crippen LogP contribution in [0.25, 0.3) is 0 Å². The number of methoxy groups -OCH3 is 2. The number of aliphatic carboxylic acids is 1. The summed E-state index contributed by atoms with van der Waals surface area (Å²) in [6, 6.07) is 0. The van der Waals surface area contributed by atoms with E-state index in [2.05, 4.69) is 12.5 Å². The zero-order chi connectivity index (χ0) is 27.5. The standard InChI is InChI=1S/C14H24O19S3/c1-26-8-5-28-12(13(15)16)11(9(8)27-2)31-14-10(33-36(23,24)25)7(32-35(20,21)22)3-6(30-14)4-29-34(17,18)19/h6-12,14H,3-5H2,1-2H3,(H,15,16)(H,17,18,19)(H,20,21,22)(H,23,24,25). The molecule has 0 spiro atoms. The van der Waals surface area contributed by atoms with Crippen LogP contribution in [0.1, 0.15) is 6.42 Å². The Bertz CT molecular complexity index is 1070. The summed E-state index contributed by atoms with van der Waals surface area (Å²) in [6.45, 7) is -1.29. The van der Waals surface area contributed by atoms with E-state index in [1.165, 1.54) is 7.11 Å². The first kappa shape index (κ1) is 31.1. The van der Waals surface area contributed by atoms with Crippen LogP contribution in [0.5, 0.6) is 0 Å². The quantitative estimate of drug-likeness (QED) is 0.166. The molecule has 8 unspecified atom stereocenters. The normalized spacial score (nSPS) is 34.4. The van der Waals surface area contributed by atoms with Gasteiger partial charge < -0.3 is 28.8 Å². The van der Waals surface area contributed by atoms with Gasteiger partial charge in [-0.15, -0.1) is 0 Å². The molecule has 0 aliphatic carbocycles. The third-order valence-corrected chi connectivity index (χ3v) is 6.27. The van der Waals surface area contributed by atoms with Gasteiger partial charge in [0.05, 0.1) is 19.3 Å². The van der Waals surface area contributed by atoms with Crippen molar-refractivity contribution in [1.82, 2.24) is 0 Å². The summed E-state index contributed by atoms with van der Waals surface area (Å²) in [5.74, 6) is -1.57. The molecule has 36 heavy (non-hydrogen) atoms. The second kappa shape index (κ2) is 12.2. The average molecular weight is 593 g/mol. The van der Waals surface area contributed by atoms with Gasteiger partial charge in [-0.05, 0) is 0 Å². The minimum Gasteiger partial charge on any atom is -0.479 e. The van der Waals surface area contributed by atoms with Gasteiger partial charge in [0.1, 0.15) is 24.4 Å². The second-order valence-corrected chi connectivity index (χ2v) is 10.5. The summed E-state index contributed by atoms with van der Waals surface area (Å²) in [5.41, 5.74) is 0. The second-order valence-electron chi connectivity index (χ2n) is 7.29. The highest BCUT2D eigenvalue weighted by Crippen LogP contribution is 2.32. The highest BCUT2D eigenvalue weighted by atomic mass is 32.3. The molecule has 0 amide bonds. The van der Waals surface area contributed by atoms with E-state index in [0.29, 0.717) is 0 Å². The van der Waals surface area contributed by atoms with E-state index in [1.807, 2.05) is 0 Å². The first-order valence-corrected chi connectivity index (χ1v) is 13.7. The predicted molar refractivity (Wildman–Crippen MR) is 107 cm³/mol. The van der Waals surface area contributed by atoms with Crippen molar-refractivity contribution in [1.29, 1.82) is 0 Å². The van der Waals surface area contributed by atoms with Crippen LogP contribution < -0.4 is 0 Å². The lowest BCUT2D eigenvalue weighted by Gasteiger charge is -2.44. The van der Waals surface area contributed by atoms with Crippen molar-refractivity contribution < 1.29 is 85.0 Å². The van der Waals surface area contributed by atoms with E-state index < -0.39 is 99.2 Å². The first-order valence-electron chi connectivity index (χ1n) is 9.58. The molecule has 0 aromatic carbocycles. The van der Waals surface area contributed by atoms with Crippen LogP contribution in [0.15, 0.2) is 0 Å². The average Bonchev–Trinajstić information content (AvgIpc) is 2.71. The maximum Gasteiger partial charge on any atom is 0.397 e. The van der Waals surface area contributed by atoms with Crippen LogP contribution >= 0.6 is 0 Å². The minimum absolute atomic E-state index is 0.276. The third kappa shape index (κ3) is 9.32. The lowest BCUT2D eigenvalue weighted by molar-refractivity contribution is -0.312. The number of carboxylic acid groups (broad SMARTS) is 1. The number of ether oxygens (including phenoxy) is 5. The molecule has 19 nitrogen and oxygen atoms in total. The Morgan fingerprint density at radius 2 is 1.47 bits per heavy atom. The van der Waals surface area contributed by atoms with E-state index in [9.17, 15) is 39.7 Å². The molecule has 2 aliphatic heterocycles. The molecule has 2 saturated heterocycles. The Hall–Kier alpha value is -1.12. The third-order valence-electron chi connectivity index (χ3n) is 4.88.